The van der Waals surface area contributed by atoms with Crippen molar-refractivity contribution in [1.82, 2.24) is 19.5 Å². The molecule has 1 aliphatic heterocycles. The molecule has 22 heavy (non-hydrogen) atoms. The van der Waals surface area contributed by atoms with Gasteiger partial charge in [-0.15, -0.1) is 0 Å². The number of aromatic nitrogens is 4. The van der Waals surface area contributed by atoms with Crippen LogP contribution in [0.2, 0.25) is 0 Å². The van der Waals surface area contributed by atoms with Crippen molar-refractivity contribution in [3.8, 4) is 5.88 Å². The van der Waals surface area contributed by atoms with Gasteiger partial charge in [0, 0.05) is 31.5 Å². The SMILES string of the molecule is Cc1nccn1C[C@@H]1CCCN1c1cncc(OCCO)n1. The number of ether oxygens (including phenoxy) is 1. The molecule has 7 nitrogen and oxygen atoms in total. The fourth-order valence-corrected chi connectivity index (χ4v) is 2.85. The summed E-state index contributed by atoms with van der Waals surface area (Å²) >= 11 is 0. The predicted molar refractivity (Wildman–Crippen MR) is 81.9 cm³/mol. The maximum Gasteiger partial charge on any atom is 0.234 e. The van der Waals surface area contributed by atoms with Crippen molar-refractivity contribution in [2.45, 2.75) is 32.4 Å². The third-order valence-corrected chi connectivity index (χ3v) is 3.94. The van der Waals surface area contributed by atoms with Gasteiger partial charge < -0.3 is 19.3 Å². The topological polar surface area (TPSA) is 76.3 Å². The molecule has 0 unspecified atom stereocenters. The molecule has 2 aromatic heterocycles. The number of anilines is 1. The number of hydrogen-bond acceptors (Lipinski definition) is 6. The van der Waals surface area contributed by atoms with Gasteiger partial charge in [-0.3, -0.25) is 4.98 Å². The van der Waals surface area contributed by atoms with E-state index in [2.05, 4.69) is 24.4 Å². The largest absolute Gasteiger partial charge is 0.474 e. The van der Waals surface area contributed by atoms with Crippen LogP contribution in [0.4, 0.5) is 5.82 Å². The number of imidazole rings is 1. The second-order valence-corrected chi connectivity index (χ2v) is 5.40. The van der Waals surface area contributed by atoms with Crippen LogP contribution in [0.25, 0.3) is 0 Å². The van der Waals surface area contributed by atoms with Crippen LogP contribution < -0.4 is 9.64 Å². The summed E-state index contributed by atoms with van der Waals surface area (Å²) in [5.74, 6) is 2.31. The van der Waals surface area contributed by atoms with E-state index in [0.717, 1.165) is 37.6 Å². The maximum absolute atomic E-state index is 8.83. The summed E-state index contributed by atoms with van der Waals surface area (Å²) in [4.78, 5) is 15.3. The first-order valence-corrected chi connectivity index (χ1v) is 7.58. The Bertz CT molecular complexity index is 615. The molecule has 0 radical (unpaired) electrons. The maximum atomic E-state index is 8.83. The van der Waals surface area contributed by atoms with Gasteiger partial charge in [-0.1, -0.05) is 0 Å². The Labute approximate surface area is 129 Å². The summed E-state index contributed by atoms with van der Waals surface area (Å²) in [5, 5.41) is 8.83. The van der Waals surface area contributed by atoms with E-state index in [9.17, 15) is 0 Å². The van der Waals surface area contributed by atoms with Gasteiger partial charge >= 0.3 is 0 Å². The highest BCUT2D eigenvalue weighted by Gasteiger charge is 2.26. The Kier molecular flexibility index (Phi) is 4.53. The van der Waals surface area contributed by atoms with Gasteiger partial charge in [0.1, 0.15) is 12.4 Å². The zero-order chi connectivity index (χ0) is 15.4. The zero-order valence-corrected chi connectivity index (χ0v) is 12.7. The Hall–Kier alpha value is -2.15. The van der Waals surface area contributed by atoms with Crippen molar-refractivity contribution < 1.29 is 9.84 Å². The second kappa shape index (κ2) is 6.74. The van der Waals surface area contributed by atoms with Crippen molar-refractivity contribution in [2.75, 3.05) is 24.7 Å². The van der Waals surface area contributed by atoms with Crippen molar-refractivity contribution in [1.29, 1.82) is 0 Å². The van der Waals surface area contributed by atoms with Gasteiger partial charge in [0.05, 0.1) is 19.0 Å². The number of aliphatic hydroxyl groups is 1. The summed E-state index contributed by atoms with van der Waals surface area (Å²) in [5.41, 5.74) is 0. The smallest absolute Gasteiger partial charge is 0.234 e. The molecule has 2 aromatic rings. The third-order valence-electron chi connectivity index (χ3n) is 3.94. The highest BCUT2D eigenvalue weighted by molar-refractivity contribution is 5.40. The quantitative estimate of drug-likeness (QED) is 0.858. The van der Waals surface area contributed by atoms with E-state index < -0.39 is 0 Å². The molecule has 0 bridgehead atoms. The Morgan fingerprint density at radius 1 is 1.41 bits per heavy atom. The van der Waals surface area contributed by atoms with Crippen LogP contribution in [-0.4, -0.2) is 50.4 Å². The van der Waals surface area contributed by atoms with E-state index in [4.69, 9.17) is 9.84 Å². The summed E-state index contributed by atoms with van der Waals surface area (Å²) in [6.45, 7) is 4.09. The normalized spacial score (nSPS) is 17.9. The van der Waals surface area contributed by atoms with Crippen LogP contribution in [0.1, 0.15) is 18.7 Å². The first-order chi connectivity index (χ1) is 10.8. The van der Waals surface area contributed by atoms with Gasteiger partial charge in [0.25, 0.3) is 0 Å². The third kappa shape index (κ3) is 3.19. The average molecular weight is 303 g/mol. The molecule has 0 aliphatic carbocycles. The molecule has 0 amide bonds. The van der Waals surface area contributed by atoms with Crippen LogP contribution in [0.15, 0.2) is 24.8 Å². The van der Waals surface area contributed by atoms with Crippen molar-refractivity contribution in [3.63, 3.8) is 0 Å². The van der Waals surface area contributed by atoms with Gasteiger partial charge in [-0.05, 0) is 19.8 Å². The summed E-state index contributed by atoms with van der Waals surface area (Å²) in [6, 6.07) is 0.385. The summed E-state index contributed by atoms with van der Waals surface area (Å²) in [6.07, 6.45) is 9.45. The molecule has 118 valence electrons. The van der Waals surface area contributed by atoms with E-state index in [1.165, 1.54) is 0 Å². The number of aliphatic hydroxyl groups excluding tert-OH is 1. The fourth-order valence-electron chi connectivity index (χ4n) is 2.85. The molecule has 7 heteroatoms. The molecule has 1 fully saturated rings. The number of hydrogen-bond donors (Lipinski definition) is 1. The monoisotopic (exact) mass is 303 g/mol. The van der Waals surface area contributed by atoms with Gasteiger partial charge in [0.2, 0.25) is 5.88 Å². The first kappa shape index (κ1) is 14.8. The van der Waals surface area contributed by atoms with Crippen molar-refractivity contribution >= 4 is 5.82 Å². The van der Waals surface area contributed by atoms with Crippen molar-refractivity contribution in [2.24, 2.45) is 0 Å². The zero-order valence-electron chi connectivity index (χ0n) is 12.7. The molecular formula is C15H21N5O2. The highest BCUT2D eigenvalue weighted by Crippen LogP contribution is 2.26. The van der Waals surface area contributed by atoms with E-state index in [-0.39, 0.29) is 13.2 Å². The molecule has 0 spiro atoms. The van der Waals surface area contributed by atoms with E-state index in [0.29, 0.717) is 11.9 Å². The van der Waals surface area contributed by atoms with Crippen LogP contribution >= 0.6 is 0 Å². The lowest BCUT2D eigenvalue weighted by Gasteiger charge is -2.26. The predicted octanol–water partition coefficient (Wildman–Crippen LogP) is 1.02. The lowest BCUT2D eigenvalue weighted by atomic mass is 10.2. The molecule has 3 heterocycles. The molecule has 1 N–H and O–H groups in total. The van der Waals surface area contributed by atoms with Crippen LogP contribution in [0, 0.1) is 6.92 Å². The number of rotatable bonds is 6. The minimum Gasteiger partial charge on any atom is -0.474 e. The highest BCUT2D eigenvalue weighted by atomic mass is 16.5. The van der Waals surface area contributed by atoms with E-state index >= 15 is 0 Å². The molecule has 0 aromatic carbocycles. The van der Waals surface area contributed by atoms with Crippen LogP contribution in [0.5, 0.6) is 5.88 Å². The van der Waals surface area contributed by atoms with Crippen molar-refractivity contribution in [3.05, 3.63) is 30.6 Å². The number of aryl methyl sites for hydroxylation is 1. The van der Waals surface area contributed by atoms with Gasteiger partial charge in [-0.25, -0.2) is 4.98 Å². The summed E-state index contributed by atoms with van der Waals surface area (Å²) in [7, 11) is 0. The summed E-state index contributed by atoms with van der Waals surface area (Å²) < 4.78 is 7.52. The molecule has 1 atom stereocenters. The molecule has 1 aliphatic rings. The Morgan fingerprint density at radius 2 is 2.32 bits per heavy atom. The number of nitrogens with zero attached hydrogens (tertiary/aromatic N) is 5. The molecular weight excluding hydrogens is 282 g/mol. The Morgan fingerprint density at radius 3 is 3.09 bits per heavy atom. The first-order valence-electron chi connectivity index (χ1n) is 7.58. The minimum absolute atomic E-state index is 0.0296. The minimum atomic E-state index is -0.0296. The lowest BCUT2D eigenvalue weighted by Crippen LogP contribution is -2.33. The molecule has 0 saturated carbocycles. The van der Waals surface area contributed by atoms with Crippen LogP contribution in [-0.2, 0) is 6.54 Å². The fraction of sp³-hybridized carbons (Fsp3) is 0.533. The standard InChI is InChI=1S/C15H21N5O2/c1-12-17-4-6-19(12)11-13-3-2-5-20(13)14-9-16-10-15(18-14)22-8-7-21/h4,6,9-10,13,21H,2-3,5,7-8,11H2,1H3/t13-/m0/s1. The van der Waals surface area contributed by atoms with E-state index in [1.807, 2.05) is 19.3 Å². The molecule has 1 saturated heterocycles. The van der Waals surface area contributed by atoms with Crippen LogP contribution in [0.3, 0.4) is 0 Å². The van der Waals surface area contributed by atoms with E-state index in [1.54, 1.807) is 12.4 Å². The lowest BCUT2D eigenvalue weighted by molar-refractivity contribution is 0.196. The van der Waals surface area contributed by atoms with Gasteiger partial charge in [-0.2, -0.15) is 4.98 Å². The average Bonchev–Trinajstić information content (AvgIpc) is 3.16. The van der Waals surface area contributed by atoms with Gasteiger partial charge in [0.15, 0.2) is 5.82 Å². The second-order valence-electron chi connectivity index (χ2n) is 5.40. The Balaban J connectivity index is 1.73. The molecule has 3 rings (SSSR count).